The molecule has 0 aromatic heterocycles. The number of rotatable bonds is 3. The van der Waals surface area contributed by atoms with Gasteiger partial charge in [0.15, 0.2) is 0 Å². The van der Waals surface area contributed by atoms with E-state index in [1.807, 2.05) is 13.8 Å². The Hall–Kier alpha value is -0.330. The van der Waals surface area contributed by atoms with Crippen LogP contribution in [0.4, 0.5) is 0 Å². The van der Waals surface area contributed by atoms with Crippen molar-refractivity contribution in [2.45, 2.75) is 27.2 Å². The van der Waals surface area contributed by atoms with Crippen molar-refractivity contribution in [1.29, 1.82) is 0 Å². The quantitative estimate of drug-likeness (QED) is 0.545. The lowest BCUT2D eigenvalue weighted by molar-refractivity contribution is -0.119. The van der Waals surface area contributed by atoms with Crippen molar-refractivity contribution in [2.24, 2.45) is 5.92 Å². The summed E-state index contributed by atoms with van der Waals surface area (Å²) >= 11 is 0. The zero-order valence-corrected chi connectivity index (χ0v) is 5.77. The van der Waals surface area contributed by atoms with E-state index in [1.165, 1.54) is 0 Å². The molecule has 0 spiro atoms. The van der Waals surface area contributed by atoms with Gasteiger partial charge in [0, 0.05) is 12.3 Å². The molecular weight excluding hydrogens is 100 g/mol. The normalized spacial score (nSPS) is 13.4. The van der Waals surface area contributed by atoms with Gasteiger partial charge in [0.2, 0.25) is 0 Å². The Labute approximate surface area is 51.1 Å². The van der Waals surface area contributed by atoms with Gasteiger partial charge in [0.1, 0.15) is 5.78 Å². The van der Waals surface area contributed by atoms with Crippen LogP contribution in [0.25, 0.3) is 0 Å². The summed E-state index contributed by atoms with van der Waals surface area (Å²) in [4.78, 5) is 10.7. The van der Waals surface area contributed by atoms with Crippen molar-refractivity contribution in [3.8, 4) is 0 Å². The van der Waals surface area contributed by atoms with Crippen molar-refractivity contribution in [3.05, 3.63) is 6.42 Å². The largest absolute Gasteiger partial charge is 0.299 e. The minimum atomic E-state index is 0.222. The van der Waals surface area contributed by atoms with Crippen LogP contribution in [0.15, 0.2) is 0 Å². The summed E-state index contributed by atoms with van der Waals surface area (Å²) in [6, 6.07) is 0. The average Bonchev–Trinajstić information content (AvgIpc) is 1.84. The highest BCUT2D eigenvalue weighted by Gasteiger charge is 2.06. The number of hydrogen-bond acceptors (Lipinski definition) is 1. The van der Waals surface area contributed by atoms with Gasteiger partial charge in [-0.3, -0.25) is 4.79 Å². The molecule has 8 heavy (non-hydrogen) atoms. The SMILES string of the molecule is C[CH]C(=O)C(C)CC. The van der Waals surface area contributed by atoms with Gasteiger partial charge < -0.3 is 0 Å². The molecule has 1 radical (unpaired) electrons. The van der Waals surface area contributed by atoms with E-state index in [-0.39, 0.29) is 11.7 Å². The van der Waals surface area contributed by atoms with Crippen molar-refractivity contribution < 1.29 is 4.79 Å². The monoisotopic (exact) mass is 113 g/mol. The minimum absolute atomic E-state index is 0.222. The molecular formula is C7H13O. The first-order chi connectivity index (χ1) is 3.72. The van der Waals surface area contributed by atoms with Crippen LogP contribution in [0.3, 0.4) is 0 Å². The molecule has 0 aliphatic rings. The van der Waals surface area contributed by atoms with E-state index in [2.05, 4.69) is 0 Å². The zero-order valence-electron chi connectivity index (χ0n) is 5.77. The van der Waals surface area contributed by atoms with E-state index in [1.54, 1.807) is 13.3 Å². The molecule has 1 atom stereocenters. The zero-order chi connectivity index (χ0) is 6.57. The summed E-state index contributed by atoms with van der Waals surface area (Å²) in [7, 11) is 0. The summed E-state index contributed by atoms with van der Waals surface area (Å²) in [6.07, 6.45) is 2.58. The molecule has 1 nitrogen and oxygen atoms in total. The standard InChI is InChI=1S/C7H13O/c1-4-6(3)7(8)5-2/h5-6H,4H2,1-3H3. The number of ketones is 1. The third-order valence-electron chi connectivity index (χ3n) is 1.38. The van der Waals surface area contributed by atoms with Gasteiger partial charge in [-0.2, -0.15) is 0 Å². The molecule has 0 aromatic rings. The predicted molar refractivity (Wildman–Crippen MR) is 34.4 cm³/mol. The molecule has 0 amide bonds. The van der Waals surface area contributed by atoms with Crippen LogP contribution >= 0.6 is 0 Å². The van der Waals surface area contributed by atoms with Crippen molar-refractivity contribution >= 4 is 5.78 Å². The number of carbonyl (C=O) groups excluding carboxylic acids is 1. The van der Waals surface area contributed by atoms with Gasteiger partial charge in [-0.25, -0.2) is 0 Å². The number of hydrogen-bond donors (Lipinski definition) is 0. The fraction of sp³-hybridized carbons (Fsp3) is 0.714. The molecule has 1 unspecified atom stereocenters. The maximum atomic E-state index is 10.7. The maximum Gasteiger partial charge on any atom is 0.139 e. The number of Topliss-reactive ketones (excluding diaryl/α,β-unsaturated/α-hetero) is 1. The van der Waals surface area contributed by atoms with Crippen LogP contribution in [0, 0.1) is 12.3 Å². The summed E-state index contributed by atoms with van der Waals surface area (Å²) < 4.78 is 0. The molecule has 0 saturated heterocycles. The lowest BCUT2D eigenvalue weighted by atomic mass is 10.0. The highest BCUT2D eigenvalue weighted by Crippen LogP contribution is 2.02. The van der Waals surface area contributed by atoms with Crippen LogP contribution in [-0.2, 0) is 4.79 Å². The smallest absolute Gasteiger partial charge is 0.139 e. The van der Waals surface area contributed by atoms with Gasteiger partial charge >= 0.3 is 0 Å². The highest BCUT2D eigenvalue weighted by molar-refractivity contribution is 5.88. The molecule has 0 saturated carbocycles. The fourth-order valence-electron chi connectivity index (χ4n) is 0.486. The van der Waals surface area contributed by atoms with Crippen molar-refractivity contribution in [3.63, 3.8) is 0 Å². The summed E-state index contributed by atoms with van der Waals surface area (Å²) in [5.41, 5.74) is 0. The Balaban J connectivity index is 3.46. The lowest BCUT2D eigenvalue weighted by Gasteiger charge is -2.01. The fourth-order valence-corrected chi connectivity index (χ4v) is 0.486. The Kier molecular flexibility index (Phi) is 3.49. The minimum Gasteiger partial charge on any atom is -0.299 e. The van der Waals surface area contributed by atoms with Crippen LogP contribution in [-0.4, -0.2) is 5.78 Å². The lowest BCUT2D eigenvalue weighted by Crippen LogP contribution is -2.07. The Morgan fingerprint density at radius 3 is 2.38 bits per heavy atom. The van der Waals surface area contributed by atoms with E-state index in [0.29, 0.717) is 0 Å². The topological polar surface area (TPSA) is 17.1 Å². The third-order valence-corrected chi connectivity index (χ3v) is 1.38. The van der Waals surface area contributed by atoms with Gasteiger partial charge in [-0.1, -0.05) is 20.8 Å². The Bertz CT molecular complexity index is 76.5. The number of carbonyl (C=O) groups is 1. The third kappa shape index (κ3) is 2.10. The average molecular weight is 113 g/mol. The first-order valence-electron chi connectivity index (χ1n) is 3.05. The molecule has 0 rings (SSSR count). The molecule has 0 N–H and O–H groups in total. The molecule has 0 aromatic carbocycles. The van der Waals surface area contributed by atoms with Crippen LogP contribution in [0.5, 0.6) is 0 Å². The van der Waals surface area contributed by atoms with Crippen LogP contribution < -0.4 is 0 Å². The van der Waals surface area contributed by atoms with E-state index < -0.39 is 0 Å². The van der Waals surface area contributed by atoms with E-state index >= 15 is 0 Å². The summed E-state index contributed by atoms with van der Waals surface area (Å²) in [6.45, 7) is 5.75. The predicted octanol–water partition coefficient (Wildman–Crippen LogP) is 1.83. The first kappa shape index (κ1) is 7.67. The van der Waals surface area contributed by atoms with Gasteiger partial charge in [-0.15, -0.1) is 0 Å². The van der Waals surface area contributed by atoms with Gasteiger partial charge in [0.25, 0.3) is 0 Å². The van der Waals surface area contributed by atoms with Gasteiger partial charge in [0.05, 0.1) is 0 Å². The van der Waals surface area contributed by atoms with Crippen LogP contribution in [0.2, 0.25) is 0 Å². The first-order valence-corrected chi connectivity index (χ1v) is 3.05. The second-order valence-corrected chi connectivity index (χ2v) is 2.00. The molecule has 0 aliphatic heterocycles. The van der Waals surface area contributed by atoms with Crippen molar-refractivity contribution in [2.75, 3.05) is 0 Å². The van der Waals surface area contributed by atoms with Crippen LogP contribution in [0.1, 0.15) is 27.2 Å². The van der Waals surface area contributed by atoms with E-state index in [9.17, 15) is 4.79 Å². The molecule has 0 heterocycles. The second kappa shape index (κ2) is 3.65. The summed E-state index contributed by atoms with van der Waals surface area (Å²) in [5, 5.41) is 0. The molecule has 47 valence electrons. The maximum absolute atomic E-state index is 10.7. The Morgan fingerprint density at radius 1 is 1.75 bits per heavy atom. The molecule has 0 fully saturated rings. The second-order valence-electron chi connectivity index (χ2n) is 2.00. The molecule has 0 aliphatic carbocycles. The molecule has 1 heteroatoms. The highest BCUT2D eigenvalue weighted by atomic mass is 16.1. The van der Waals surface area contributed by atoms with Crippen molar-refractivity contribution in [1.82, 2.24) is 0 Å². The Morgan fingerprint density at radius 2 is 2.25 bits per heavy atom. The summed E-state index contributed by atoms with van der Waals surface area (Å²) in [5.74, 6) is 0.479. The molecule has 0 bridgehead atoms. The van der Waals surface area contributed by atoms with Gasteiger partial charge in [-0.05, 0) is 6.42 Å². The van der Waals surface area contributed by atoms with E-state index in [4.69, 9.17) is 0 Å². The van der Waals surface area contributed by atoms with E-state index in [0.717, 1.165) is 6.42 Å².